The number of aryl methyl sites for hydroxylation is 1. The molecule has 3 heterocycles. The number of amides is 1. The van der Waals surface area contributed by atoms with Crippen molar-refractivity contribution < 1.29 is 77.8 Å². The zero-order valence-electron chi connectivity index (χ0n) is 66.9. The molecule has 25 nitrogen and oxygen atoms in total. The Morgan fingerprint density at radius 1 is 0.617 bits per heavy atom. The van der Waals surface area contributed by atoms with Gasteiger partial charge in [0.1, 0.15) is 92.3 Å². The Balaban J connectivity index is 0.000000240. The van der Waals surface area contributed by atoms with Crippen LogP contribution >= 0.6 is 11.7 Å². The van der Waals surface area contributed by atoms with E-state index in [1.165, 1.54) is 25.3 Å². The van der Waals surface area contributed by atoms with Crippen LogP contribution in [0, 0.1) is 26.7 Å². The van der Waals surface area contributed by atoms with E-state index in [-0.39, 0.29) is 60.7 Å². The molecule has 107 heavy (non-hydrogen) atoms. The van der Waals surface area contributed by atoms with Gasteiger partial charge < -0.3 is 100 Å². The number of anilines is 2. The maximum atomic E-state index is 11.9. The first-order valence-corrected chi connectivity index (χ1v) is 38.7. The number of rotatable bonds is 34. The molecule has 4 aromatic carbocycles. The predicted octanol–water partition coefficient (Wildman–Crippen LogP) is 9.20. The molecule has 5 aromatic rings. The molecule has 1 saturated carbocycles. The molecule has 2 aliphatic heterocycles. The van der Waals surface area contributed by atoms with Gasteiger partial charge in [0.05, 0.1) is 31.5 Å². The van der Waals surface area contributed by atoms with Crippen LogP contribution in [0.5, 0.6) is 34.6 Å². The number of benzene rings is 4. The summed E-state index contributed by atoms with van der Waals surface area (Å²) in [5.41, 5.74) is 7.38. The van der Waals surface area contributed by atoms with E-state index in [1.807, 2.05) is 89.2 Å². The largest absolute Gasteiger partial charge is 0.491 e. The Morgan fingerprint density at radius 2 is 1.13 bits per heavy atom. The van der Waals surface area contributed by atoms with Crippen molar-refractivity contribution in [2.24, 2.45) is 5.92 Å². The number of nitrogens with one attached hydrogen (secondary N) is 6. The van der Waals surface area contributed by atoms with E-state index in [9.17, 15) is 39.9 Å². The second-order valence-corrected chi connectivity index (χ2v) is 32.0. The van der Waals surface area contributed by atoms with Crippen molar-refractivity contribution in [3.05, 3.63) is 106 Å². The van der Waals surface area contributed by atoms with Gasteiger partial charge in [-0.1, -0.05) is 58.0 Å². The molecule has 2 unspecified atom stereocenters. The number of β-amino-alcohol motifs (C(OH)–C–C–N with tert-alkyl or cyclic N) is 3. The maximum Gasteiger partial charge on any atom is 0.308 e. The number of Topliss-reactive ketones (excluding diaryl/α,β-unsaturated/α-hetero) is 1. The van der Waals surface area contributed by atoms with E-state index in [0.29, 0.717) is 101 Å². The molecule has 0 spiro atoms. The van der Waals surface area contributed by atoms with Crippen LogP contribution in [-0.4, -0.2) is 216 Å². The number of aliphatic hydroxyl groups is 5. The van der Waals surface area contributed by atoms with Crippen molar-refractivity contribution in [3.63, 3.8) is 0 Å². The van der Waals surface area contributed by atoms with Crippen LogP contribution in [0.1, 0.15) is 173 Å². The highest BCUT2D eigenvalue weighted by Gasteiger charge is 2.26. The molecule has 4 aliphatic rings. The third kappa shape index (κ3) is 37.1. The Hall–Kier alpha value is -6.63. The summed E-state index contributed by atoms with van der Waals surface area (Å²) in [6.07, 6.45) is 4.34. The first kappa shape index (κ1) is 91.0. The van der Waals surface area contributed by atoms with Crippen LogP contribution in [-0.2, 0) is 38.3 Å². The summed E-state index contributed by atoms with van der Waals surface area (Å²) < 4.78 is 53.1. The Labute approximate surface area is 641 Å². The van der Waals surface area contributed by atoms with Crippen LogP contribution in [0.15, 0.2) is 66.7 Å². The Morgan fingerprint density at radius 3 is 1.66 bits per heavy atom. The van der Waals surface area contributed by atoms with Gasteiger partial charge in [-0.05, 0) is 186 Å². The van der Waals surface area contributed by atoms with Gasteiger partial charge in [-0.3, -0.25) is 14.4 Å². The van der Waals surface area contributed by atoms with E-state index in [4.69, 9.17) is 37.9 Å². The van der Waals surface area contributed by atoms with Crippen LogP contribution in [0.4, 0.5) is 11.5 Å². The van der Waals surface area contributed by atoms with Gasteiger partial charge in [0.25, 0.3) is 5.88 Å². The van der Waals surface area contributed by atoms with Crippen molar-refractivity contribution in [2.75, 3.05) is 115 Å². The minimum atomic E-state index is -0.580. The lowest BCUT2D eigenvalue weighted by Gasteiger charge is -2.27. The number of morpholine rings is 1. The Kier molecular flexibility index (Phi) is 39.2. The second-order valence-electron chi connectivity index (χ2n) is 31.5. The van der Waals surface area contributed by atoms with E-state index in [2.05, 4.69) is 134 Å². The topological polar surface area (TPSA) is 327 Å². The smallest absolute Gasteiger partial charge is 0.308 e. The van der Waals surface area contributed by atoms with Gasteiger partial charge in [-0.2, -0.15) is 4.37 Å². The summed E-state index contributed by atoms with van der Waals surface area (Å²) in [5, 5.41) is 68.5. The number of ether oxygens (including phenoxy) is 8. The summed E-state index contributed by atoms with van der Waals surface area (Å²) in [6, 6.07) is 21.8. The van der Waals surface area contributed by atoms with Gasteiger partial charge in [-0.25, -0.2) is 0 Å². The number of hydrogen-bond acceptors (Lipinski definition) is 25. The second kappa shape index (κ2) is 46.1. The van der Waals surface area contributed by atoms with E-state index >= 15 is 0 Å². The highest BCUT2D eigenvalue weighted by Crippen LogP contribution is 2.35. The lowest BCUT2D eigenvalue weighted by molar-refractivity contribution is -0.132. The summed E-state index contributed by atoms with van der Waals surface area (Å²) >= 11 is 1.12. The third-order valence-corrected chi connectivity index (χ3v) is 17.5. The molecule has 11 N–H and O–H groups in total. The number of aromatic nitrogens is 2. The number of esters is 1. The van der Waals surface area contributed by atoms with Crippen molar-refractivity contribution in [2.45, 2.75) is 228 Å². The molecule has 9 rings (SSSR count). The molecule has 26 heteroatoms. The van der Waals surface area contributed by atoms with E-state index in [1.54, 1.807) is 0 Å². The summed E-state index contributed by atoms with van der Waals surface area (Å²) in [6.45, 7) is 42.0. The number of nitrogens with zero attached hydrogens (tertiary/aromatic N) is 3. The minimum Gasteiger partial charge on any atom is -0.491 e. The molecule has 1 saturated heterocycles. The molecule has 2 aliphatic carbocycles. The highest BCUT2D eigenvalue weighted by atomic mass is 32.1. The van der Waals surface area contributed by atoms with Crippen molar-refractivity contribution >= 4 is 40.9 Å². The molecule has 2 fully saturated rings. The lowest BCUT2D eigenvalue weighted by atomic mass is 9.90. The molecule has 5 atom stereocenters. The van der Waals surface area contributed by atoms with Crippen LogP contribution < -0.4 is 65.2 Å². The minimum absolute atomic E-state index is 0.0257. The standard InChI is InChI=1S/C18H29NO3.C17H27NO4.C17H25NO3.C16H24N2O3.C13H24N4O3S/c1-14(2)19-11-17(20)13-22-18-7-5-15(6-8-18)9-10-21-12-16-3-4-16;1-10(2)18-8-15(20)9-21-16-7-11(3)17(22-14(6)19)13(5)12(16)4;1-17(2,3)18-10-12(19)11-21-16-9-5-6-13-14(16)7-4-8-15(13)20;1-16(2,3)17-9-11(19)10-21-14-6-4-5-13-12(14)7-8-15(20)18-13;1-13(2,3)14-8-10(18)9-20-12-11(15-21-16-12)17-4-6-19-7-5-17/h5-8,14,16-17,19-20H,3-4,9-13H2,1-2H3;7,10,15,18,20H,8-9H2,1-6H3;5-6,9,12,18-19H,4,7-8,10-11H2,1-3H3;4-6,11,17,19H,7-10H2,1-3H3,(H,18,20);10,14,18H,4-9H2,1-3H3/t;;12-;11-;10-/m..000/s1. The zero-order chi connectivity index (χ0) is 78.9. The fourth-order valence-electron chi connectivity index (χ4n) is 10.7. The van der Waals surface area contributed by atoms with Crippen molar-refractivity contribution in [1.29, 1.82) is 0 Å². The average Bonchev–Trinajstić information content (AvgIpc) is 1.39. The molecule has 1 amide bonds. The fourth-order valence-corrected chi connectivity index (χ4v) is 11.2. The monoisotopic (exact) mass is 1520 g/mol. The summed E-state index contributed by atoms with van der Waals surface area (Å²) in [4.78, 5) is 36.5. The normalized spacial score (nSPS) is 15.7. The maximum absolute atomic E-state index is 11.9. The van der Waals surface area contributed by atoms with E-state index in [0.717, 1.165) is 125 Å². The van der Waals surface area contributed by atoms with Crippen molar-refractivity contribution in [1.82, 2.24) is 35.3 Å². The average molecular weight is 1520 g/mol. The van der Waals surface area contributed by atoms with E-state index < -0.39 is 30.5 Å². The number of carbonyl (C=O) groups excluding carboxylic acids is 3. The predicted molar refractivity (Wildman–Crippen MR) is 423 cm³/mol. The zero-order valence-corrected chi connectivity index (χ0v) is 67.7. The van der Waals surface area contributed by atoms with Gasteiger partial charge >= 0.3 is 5.97 Å². The molecule has 1 aromatic heterocycles. The summed E-state index contributed by atoms with van der Waals surface area (Å²) in [5.74, 6) is 5.52. The lowest BCUT2D eigenvalue weighted by Crippen LogP contribution is -2.42. The number of aliphatic hydroxyl groups excluding tert-OH is 5. The molecule has 600 valence electrons. The molecule has 0 bridgehead atoms. The first-order chi connectivity index (χ1) is 50.5. The highest BCUT2D eigenvalue weighted by molar-refractivity contribution is 6.99. The van der Waals surface area contributed by atoms with Crippen molar-refractivity contribution in [3.8, 4) is 34.6 Å². The first-order valence-electron chi connectivity index (χ1n) is 38.0. The third-order valence-electron chi connectivity index (χ3n) is 17.0. The SMILES string of the molecule is CC(=O)Oc1c(C)cc(OCC(O)CNC(C)C)c(C)c1C.CC(C)(C)NC[C@H](O)COc1cccc2c1CCC(=O)N2.CC(C)(C)NC[C@H](O)COc1cccc2c1CCCC2=O.CC(C)(C)NC[C@H](O)COc1nsnc1N1CCOCC1.CC(C)NCC(O)COc1ccc(CCOCC2CC2)cc1. The quantitative estimate of drug-likeness (QED) is 0.0104. The molecular weight excluding hydrogens is 1390 g/mol. The number of hydrogen-bond donors (Lipinski definition) is 11. The number of ketones is 1. The van der Waals surface area contributed by atoms with Gasteiger partial charge in [0.15, 0.2) is 5.78 Å². The number of fused-ring (bicyclic) bond motifs is 2. The van der Waals surface area contributed by atoms with Crippen LogP contribution in [0.25, 0.3) is 0 Å². The fraction of sp³-hybridized carbons (Fsp3) is 0.642. The van der Waals surface area contributed by atoms with Gasteiger partial charge in [0, 0.05) is 123 Å². The number of carbonyl (C=O) groups is 3. The van der Waals surface area contributed by atoms with Gasteiger partial charge in [-0.15, -0.1) is 4.37 Å². The molecule has 0 radical (unpaired) electrons. The molecular formula is C81H129N9O16S. The van der Waals surface area contributed by atoms with Crippen LogP contribution in [0.3, 0.4) is 0 Å². The van der Waals surface area contributed by atoms with Crippen LogP contribution in [0.2, 0.25) is 0 Å². The van der Waals surface area contributed by atoms with Gasteiger partial charge in [0.2, 0.25) is 11.7 Å². The Bertz CT molecular complexity index is 3420. The summed E-state index contributed by atoms with van der Waals surface area (Å²) in [7, 11) is 0.